The zero-order valence-corrected chi connectivity index (χ0v) is 12.8. The fraction of sp³-hybridized carbons (Fsp3) is 0.444. The van der Waals surface area contributed by atoms with Crippen molar-refractivity contribution in [1.82, 2.24) is 9.88 Å². The van der Waals surface area contributed by atoms with Crippen molar-refractivity contribution in [2.75, 3.05) is 13.1 Å². The Morgan fingerprint density at radius 3 is 2.96 bits per heavy atom. The van der Waals surface area contributed by atoms with Gasteiger partial charge >= 0.3 is 0 Å². The molecule has 2 aromatic rings. The molecule has 1 aromatic carbocycles. The molecule has 1 aliphatic heterocycles. The summed E-state index contributed by atoms with van der Waals surface area (Å²) in [5.74, 6) is -0.590. The zero-order valence-electron chi connectivity index (χ0n) is 12.8. The van der Waals surface area contributed by atoms with Crippen molar-refractivity contribution in [3.05, 3.63) is 42.0 Å². The molecule has 1 unspecified atom stereocenters. The summed E-state index contributed by atoms with van der Waals surface area (Å²) in [6.45, 7) is 0.858. The number of aromatic nitrogens is 1. The fourth-order valence-corrected chi connectivity index (χ4v) is 3.70. The number of likely N-dealkylation sites (tertiary alicyclic amines) is 1. The highest BCUT2D eigenvalue weighted by Crippen LogP contribution is 2.44. The Morgan fingerprint density at radius 2 is 2.17 bits per heavy atom. The summed E-state index contributed by atoms with van der Waals surface area (Å²) < 4.78 is 14.4. The third-order valence-electron chi connectivity index (χ3n) is 5.11. The molecule has 1 amide bonds. The summed E-state index contributed by atoms with van der Waals surface area (Å²) in [5, 5.41) is 12.1. The highest BCUT2D eigenvalue weighted by molar-refractivity contribution is 6.07. The average molecular weight is 314 g/mol. The average Bonchev–Trinajstić information content (AvgIpc) is 3.40. The lowest BCUT2D eigenvalue weighted by Crippen LogP contribution is -2.51. The summed E-state index contributed by atoms with van der Waals surface area (Å²) in [6, 6.07) is 4.74. The smallest absolute Gasteiger partial charge is 0.257 e. The van der Waals surface area contributed by atoms with E-state index in [0.717, 1.165) is 31.1 Å². The Labute approximate surface area is 133 Å². The predicted octanol–water partition coefficient (Wildman–Crippen LogP) is 2.75. The molecule has 1 N–H and O–H groups in total. The maximum atomic E-state index is 14.4. The first kappa shape index (κ1) is 14.6. The number of piperidine rings is 1. The number of β-amino-alcohol motifs (C(OH)–C–C–N with tert-alkyl or cyclic N) is 1. The topological polar surface area (TPSA) is 53.4 Å². The fourth-order valence-electron chi connectivity index (χ4n) is 3.70. The van der Waals surface area contributed by atoms with E-state index in [9.17, 15) is 14.3 Å². The number of carbonyl (C=O) groups excluding carboxylic acids is 1. The van der Waals surface area contributed by atoms with Gasteiger partial charge in [0.2, 0.25) is 0 Å². The summed E-state index contributed by atoms with van der Waals surface area (Å²) in [6.07, 6.45) is 6.67. The van der Waals surface area contributed by atoms with Crippen molar-refractivity contribution in [1.29, 1.82) is 0 Å². The van der Waals surface area contributed by atoms with E-state index in [-0.39, 0.29) is 17.4 Å². The molecule has 23 heavy (non-hydrogen) atoms. The van der Waals surface area contributed by atoms with Gasteiger partial charge in [-0.25, -0.2) is 4.39 Å². The van der Waals surface area contributed by atoms with Gasteiger partial charge in [0.15, 0.2) is 0 Å². The van der Waals surface area contributed by atoms with Crippen LogP contribution in [0.2, 0.25) is 0 Å². The van der Waals surface area contributed by atoms with Crippen LogP contribution in [-0.4, -0.2) is 39.6 Å². The number of hydrogen-bond donors (Lipinski definition) is 1. The van der Waals surface area contributed by atoms with Gasteiger partial charge in [0, 0.05) is 30.9 Å². The first-order valence-corrected chi connectivity index (χ1v) is 8.12. The van der Waals surface area contributed by atoms with Crippen molar-refractivity contribution in [2.45, 2.75) is 31.3 Å². The van der Waals surface area contributed by atoms with E-state index < -0.39 is 11.4 Å². The molecule has 2 fully saturated rings. The van der Waals surface area contributed by atoms with E-state index in [0.29, 0.717) is 18.5 Å². The lowest BCUT2D eigenvalue weighted by Gasteiger charge is -2.39. The van der Waals surface area contributed by atoms with Gasteiger partial charge in [-0.15, -0.1) is 0 Å². The predicted molar refractivity (Wildman–Crippen MR) is 84.5 cm³/mol. The van der Waals surface area contributed by atoms with E-state index in [1.54, 1.807) is 23.2 Å². The molecule has 1 saturated heterocycles. The highest BCUT2D eigenvalue weighted by Gasteiger charge is 2.47. The number of carbonyl (C=O) groups is 1. The second kappa shape index (κ2) is 5.27. The van der Waals surface area contributed by atoms with Crippen LogP contribution in [0.25, 0.3) is 10.8 Å². The molecule has 120 valence electrons. The van der Waals surface area contributed by atoms with Gasteiger partial charge in [-0.2, -0.15) is 0 Å². The molecule has 1 saturated carbocycles. The standard InChI is InChI=1S/C18H19FN2O2/c19-15-5-2-12-6-8-20-10-14(12)16(15)17(22)21-9-1-7-18(23,11-21)13-3-4-13/h2,5-6,8,10,13,23H,1,3-4,7,9,11H2. The van der Waals surface area contributed by atoms with E-state index in [4.69, 9.17) is 0 Å². The van der Waals surface area contributed by atoms with Crippen molar-refractivity contribution < 1.29 is 14.3 Å². The lowest BCUT2D eigenvalue weighted by molar-refractivity contribution is -0.0408. The van der Waals surface area contributed by atoms with Crippen LogP contribution in [0.5, 0.6) is 0 Å². The van der Waals surface area contributed by atoms with Crippen LogP contribution in [0.4, 0.5) is 4.39 Å². The number of pyridine rings is 1. The first-order valence-electron chi connectivity index (χ1n) is 8.12. The van der Waals surface area contributed by atoms with Crippen LogP contribution in [0.15, 0.2) is 30.6 Å². The molecule has 1 aromatic heterocycles. The maximum absolute atomic E-state index is 14.4. The quantitative estimate of drug-likeness (QED) is 0.927. The Balaban J connectivity index is 1.70. The zero-order chi connectivity index (χ0) is 16.0. The third-order valence-corrected chi connectivity index (χ3v) is 5.11. The van der Waals surface area contributed by atoms with Crippen molar-refractivity contribution in [2.24, 2.45) is 5.92 Å². The molecule has 0 radical (unpaired) electrons. The molecule has 2 heterocycles. The molecular weight excluding hydrogens is 295 g/mol. The van der Waals surface area contributed by atoms with E-state index in [1.807, 2.05) is 0 Å². The van der Waals surface area contributed by atoms with Crippen molar-refractivity contribution in [3.63, 3.8) is 0 Å². The van der Waals surface area contributed by atoms with Gasteiger partial charge in [0.25, 0.3) is 5.91 Å². The number of benzene rings is 1. The van der Waals surface area contributed by atoms with Gasteiger partial charge in [-0.1, -0.05) is 6.07 Å². The van der Waals surface area contributed by atoms with Gasteiger partial charge < -0.3 is 10.0 Å². The normalized spacial score (nSPS) is 24.9. The Kier molecular flexibility index (Phi) is 3.34. The Morgan fingerprint density at radius 1 is 1.35 bits per heavy atom. The van der Waals surface area contributed by atoms with Gasteiger partial charge in [0.05, 0.1) is 11.2 Å². The van der Waals surface area contributed by atoms with Crippen molar-refractivity contribution >= 4 is 16.7 Å². The van der Waals surface area contributed by atoms with Crippen LogP contribution in [0, 0.1) is 11.7 Å². The molecule has 1 aliphatic carbocycles. The van der Waals surface area contributed by atoms with E-state index in [2.05, 4.69) is 4.98 Å². The summed E-state index contributed by atoms with van der Waals surface area (Å²) >= 11 is 0. The molecule has 1 atom stereocenters. The third kappa shape index (κ3) is 2.49. The maximum Gasteiger partial charge on any atom is 0.257 e. The summed E-state index contributed by atoms with van der Waals surface area (Å²) in [4.78, 5) is 18.5. The van der Waals surface area contributed by atoms with Crippen LogP contribution >= 0.6 is 0 Å². The lowest BCUT2D eigenvalue weighted by atomic mass is 9.87. The number of rotatable bonds is 2. The molecule has 5 heteroatoms. The van der Waals surface area contributed by atoms with E-state index in [1.165, 1.54) is 12.3 Å². The molecule has 2 aliphatic rings. The molecule has 0 spiro atoms. The minimum absolute atomic E-state index is 0.0654. The minimum Gasteiger partial charge on any atom is -0.388 e. The number of aliphatic hydroxyl groups is 1. The highest BCUT2D eigenvalue weighted by atomic mass is 19.1. The summed E-state index contributed by atoms with van der Waals surface area (Å²) in [7, 11) is 0. The molecule has 4 rings (SSSR count). The molecular formula is C18H19FN2O2. The minimum atomic E-state index is -0.798. The number of halogens is 1. The number of amides is 1. The number of hydrogen-bond acceptors (Lipinski definition) is 3. The Bertz CT molecular complexity index is 775. The number of fused-ring (bicyclic) bond motifs is 1. The van der Waals surface area contributed by atoms with Crippen LogP contribution in [-0.2, 0) is 0 Å². The van der Waals surface area contributed by atoms with E-state index >= 15 is 0 Å². The second-order valence-corrected chi connectivity index (χ2v) is 6.73. The second-order valence-electron chi connectivity index (χ2n) is 6.73. The first-order chi connectivity index (χ1) is 11.1. The van der Waals surface area contributed by atoms with Crippen molar-refractivity contribution in [3.8, 4) is 0 Å². The van der Waals surface area contributed by atoms with Gasteiger partial charge in [-0.3, -0.25) is 9.78 Å². The van der Waals surface area contributed by atoms with Crippen LogP contribution < -0.4 is 0 Å². The van der Waals surface area contributed by atoms with Crippen LogP contribution in [0.3, 0.4) is 0 Å². The van der Waals surface area contributed by atoms with Gasteiger partial charge in [0.1, 0.15) is 5.82 Å². The SMILES string of the molecule is O=C(c1c(F)ccc2ccncc12)N1CCCC(O)(C2CC2)C1. The molecule has 0 bridgehead atoms. The molecule has 4 nitrogen and oxygen atoms in total. The van der Waals surface area contributed by atoms with Crippen LogP contribution in [0.1, 0.15) is 36.0 Å². The number of nitrogens with zero attached hydrogens (tertiary/aromatic N) is 2. The summed E-state index contributed by atoms with van der Waals surface area (Å²) in [5.41, 5.74) is -0.733. The Hall–Kier alpha value is -2.01. The monoisotopic (exact) mass is 314 g/mol. The largest absolute Gasteiger partial charge is 0.388 e. The van der Waals surface area contributed by atoms with Gasteiger partial charge in [-0.05, 0) is 49.1 Å².